The molecule has 1 aliphatic rings. The average molecular weight is 358 g/mol. The van der Waals surface area contributed by atoms with Crippen LogP contribution in [0.1, 0.15) is 24.3 Å². The number of carbonyl (C=O) groups is 2. The molecule has 1 aromatic heterocycles. The van der Waals surface area contributed by atoms with E-state index < -0.39 is 0 Å². The second kappa shape index (κ2) is 7.55. The smallest absolute Gasteiger partial charge is 0.409 e. The Morgan fingerprint density at radius 3 is 2.38 bits per heavy atom. The topological polar surface area (TPSA) is 95.6 Å². The number of benzene rings is 1. The lowest BCUT2D eigenvalue weighted by Crippen LogP contribution is -2.51. The second-order valence-corrected chi connectivity index (χ2v) is 6.70. The minimum atomic E-state index is -0.349. The number of nitrogens with one attached hydrogen (secondary N) is 1. The maximum Gasteiger partial charge on any atom is 0.409 e. The summed E-state index contributed by atoms with van der Waals surface area (Å²) < 4.78 is 5.23. The van der Waals surface area contributed by atoms with Gasteiger partial charge in [-0.25, -0.2) is 9.89 Å². The molecule has 1 fully saturated rings. The minimum Gasteiger partial charge on any atom is -0.449 e. The zero-order chi connectivity index (χ0) is 18.7. The van der Waals surface area contributed by atoms with Crippen LogP contribution >= 0.6 is 0 Å². The van der Waals surface area contributed by atoms with Crippen molar-refractivity contribution >= 4 is 22.8 Å². The van der Waals surface area contributed by atoms with Crippen molar-refractivity contribution in [3.63, 3.8) is 0 Å². The molecule has 0 atom stereocenters. The molecule has 26 heavy (non-hydrogen) atoms. The fraction of sp³-hybridized carbons (Fsp3) is 0.444. The van der Waals surface area contributed by atoms with Gasteiger partial charge >= 0.3 is 6.09 Å². The summed E-state index contributed by atoms with van der Waals surface area (Å²) in [7, 11) is 0. The van der Waals surface area contributed by atoms with Gasteiger partial charge in [0.05, 0.1) is 12.0 Å². The number of aromatic amines is 1. The van der Waals surface area contributed by atoms with Crippen molar-refractivity contribution in [3.05, 3.63) is 40.3 Å². The van der Waals surface area contributed by atoms with Gasteiger partial charge in [0.2, 0.25) is 0 Å². The average Bonchev–Trinajstić information content (AvgIpc) is 2.66. The van der Waals surface area contributed by atoms with Crippen LogP contribution in [0.4, 0.5) is 4.79 Å². The van der Waals surface area contributed by atoms with E-state index in [0.717, 1.165) is 0 Å². The molecule has 1 aromatic carbocycles. The predicted molar refractivity (Wildman–Crippen MR) is 96.0 cm³/mol. The monoisotopic (exact) mass is 358 g/mol. The van der Waals surface area contributed by atoms with Crippen molar-refractivity contribution in [2.24, 2.45) is 5.92 Å². The summed E-state index contributed by atoms with van der Waals surface area (Å²) in [4.78, 5) is 39.9. The first-order chi connectivity index (χ1) is 12.5. The first-order valence-electron chi connectivity index (χ1n) is 8.65. The molecule has 2 aromatic rings. The van der Waals surface area contributed by atoms with Crippen LogP contribution < -0.4 is 5.56 Å². The van der Waals surface area contributed by atoms with Crippen molar-refractivity contribution in [1.29, 1.82) is 0 Å². The minimum absolute atomic E-state index is 0.219. The van der Waals surface area contributed by atoms with Crippen LogP contribution in [0.2, 0.25) is 0 Å². The molecule has 0 spiro atoms. The molecular formula is C18H22N4O4. The number of carbonyl (C=O) groups excluding carboxylic acids is 2. The third kappa shape index (κ3) is 3.68. The molecule has 138 valence electrons. The Labute approximate surface area is 150 Å². The summed E-state index contributed by atoms with van der Waals surface area (Å²) in [5, 5.41) is 7.29. The molecule has 3 rings (SSSR count). The second-order valence-electron chi connectivity index (χ2n) is 6.70. The number of H-pyrrole nitrogens is 1. The van der Waals surface area contributed by atoms with Gasteiger partial charge < -0.3 is 14.5 Å². The first kappa shape index (κ1) is 17.9. The lowest BCUT2D eigenvalue weighted by atomic mass is 10.1. The third-order valence-electron chi connectivity index (χ3n) is 4.26. The summed E-state index contributed by atoms with van der Waals surface area (Å²) in [5.41, 5.74) is -0.106. The van der Waals surface area contributed by atoms with E-state index in [1.807, 2.05) is 13.8 Å². The molecule has 1 N–H and O–H groups in total. The Morgan fingerprint density at radius 2 is 1.73 bits per heavy atom. The van der Waals surface area contributed by atoms with Crippen LogP contribution in [0.3, 0.4) is 0 Å². The third-order valence-corrected chi connectivity index (χ3v) is 4.26. The van der Waals surface area contributed by atoms with E-state index in [4.69, 9.17) is 4.74 Å². The van der Waals surface area contributed by atoms with Crippen LogP contribution in [0.5, 0.6) is 0 Å². The summed E-state index contributed by atoms with van der Waals surface area (Å²) in [5.74, 6) is 0.0223. The summed E-state index contributed by atoms with van der Waals surface area (Å²) in [6, 6.07) is 6.88. The molecule has 2 heterocycles. The zero-order valence-corrected chi connectivity index (χ0v) is 14.9. The number of nitrogens with zero attached hydrogens (tertiary/aromatic N) is 3. The summed E-state index contributed by atoms with van der Waals surface area (Å²) >= 11 is 0. The van der Waals surface area contributed by atoms with Crippen LogP contribution in [-0.4, -0.2) is 64.8 Å². The van der Waals surface area contributed by atoms with E-state index in [1.54, 1.807) is 34.1 Å². The number of hydrogen-bond donors (Lipinski definition) is 1. The molecule has 0 unspecified atom stereocenters. The highest BCUT2D eigenvalue weighted by Crippen LogP contribution is 2.16. The number of ether oxygens (including phenoxy) is 1. The molecule has 1 saturated heterocycles. The Morgan fingerprint density at radius 1 is 1.12 bits per heavy atom. The van der Waals surface area contributed by atoms with Gasteiger partial charge in [-0.15, -0.1) is 0 Å². The van der Waals surface area contributed by atoms with E-state index in [-0.39, 0.29) is 29.2 Å². The van der Waals surface area contributed by atoms with Gasteiger partial charge in [0, 0.05) is 31.6 Å². The van der Waals surface area contributed by atoms with Gasteiger partial charge in [0.15, 0.2) is 5.69 Å². The highest BCUT2D eigenvalue weighted by atomic mass is 16.6. The summed E-state index contributed by atoms with van der Waals surface area (Å²) in [6.07, 6.45) is -0.349. The fourth-order valence-corrected chi connectivity index (χ4v) is 2.85. The molecule has 0 saturated carbocycles. The Hall–Kier alpha value is -2.90. The Kier molecular flexibility index (Phi) is 5.20. The van der Waals surface area contributed by atoms with Crippen LogP contribution in [0.25, 0.3) is 10.8 Å². The highest BCUT2D eigenvalue weighted by Gasteiger charge is 2.27. The lowest BCUT2D eigenvalue weighted by molar-refractivity contribution is 0.0532. The number of piperazine rings is 1. The van der Waals surface area contributed by atoms with Crippen molar-refractivity contribution in [3.8, 4) is 0 Å². The molecule has 8 nitrogen and oxygen atoms in total. The molecule has 0 radical (unpaired) electrons. The van der Waals surface area contributed by atoms with Gasteiger partial charge in [-0.1, -0.05) is 32.0 Å². The standard InChI is InChI=1S/C18H22N4O4/c1-12(2)11-26-18(25)22-9-7-21(8-10-22)17(24)15-13-5-3-4-6-14(13)16(23)20-19-15/h3-6,12H,7-11H2,1-2H3,(H,20,23). The molecule has 0 aliphatic carbocycles. The van der Waals surface area contributed by atoms with Crippen molar-refractivity contribution in [1.82, 2.24) is 20.0 Å². The van der Waals surface area contributed by atoms with Crippen molar-refractivity contribution in [2.45, 2.75) is 13.8 Å². The van der Waals surface area contributed by atoms with Gasteiger partial charge in [-0.3, -0.25) is 9.59 Å². The van der Waals surface area contributed by atoms with Crippen LogP contribution in [0, 0.1) is 5.92 Å². The van der Waals surface area contributed by atoms with E-state index in [0.29, 0.717) is 43.6 Å². The molecular weight excluding hydrogens is 336 g/mol. The van der Waals surface area contributed by atoms with Gasteiger partial charge in [-0.2, -0.15) is 5.10 Å². The molecule has 0 bridgehead atoms. The number of fused-ring (bicyclic) bond motifs is 1. The number of amides is 2. The number of rotatable bonds is 3. The Balaban J connectivity index is 1.69. The largest absolute Gasteiger partial charge is 0.449 e. The number of hydrogen-bond acceptors (Lipinski definition) is 5. The summed E-state index contributed by atoms with van der Waals surface area (Å²) in [6.45, 7) is 5.94. The van der Waals surface area contributed by atoms with Crippen LogP contribution in [-0.2, 0) is 4.74 Å². The maximum atomic E-state index is 12.8. The van der Waals surface area contributed by atoms with E-state index in [1.165, 1.54) is 0 Å². The SMILES string of the molecule is CC(C)COC(=O)N1CCN(C(=O)c2n[nH]c(=O)c3ccccc23)CC1. The molecule has 1 aliphatic heterocycles. The Bertz CT molecular complexity index is 869. The fourth-order valence-electron chi connectivity index (χ4n) is 2.85. The van der Waals surface area contributed by atoms with Crippen LogP contribution in [0.15, 0.2) is 29.1 Å². The zero-order valence-electron chi connectivity index (χ0n) is 14.9. The first-order valence-corrected chi connectivity index (χ1v) is 8.65. The predicted octanol–water partition coefficient (Wildman–Crippen LogP) is 1.47. The van der Waals surface area contributed by atoms with Crippen molar-refractivity contribution < 1.29 is 14.3 Å². The highest BCUT2D eigenvalue weighted by molar-refractivity contribution is 6.04. The van der Waals surface area contributed by atoms with Gasteiger partial charge in [0.1, 0.15) is 0 Å². The van der Waals surface area contributed by atoms with E-state index >= 15 is 0 Å². The van der Waals surface area contributed by atoms with E-state index in [9.17, 15) is 14.4 Å². The lowest BCUT2D eigenvalue weighted by Gasteiger charge is -2.34. The van der Waals surface area contributed by atoms with E-state index in [2.05, 4.69) is 10.2 Å². The van der Waals surface area contributed by atoms with Gasteiger partial charge in [-0.05, 0) is 12.0 Å². The molecule has 8 heteroatoms. The quantitative estimate of drug-likeness (QED) is 0.896. The molecule has 2 amide bonds. The number of aromatic nitrogens is 2. The van der Waals surface area contributed by atoms with Gasteiger partial charge in [0.25, 0.3) is 11.5 Å². The maximum absolute atomic E-state index is 12.8. The normalized spacial score (nSPS) is 14.7. The van der Waals surface area contributed by atoms with Crippen molar-refractivity contribution in [2.75, 3.05) is 32.8 Å².